The van der Waals surface area contributed by atoms with E-state index in [1.54, 1.807) is 19.1 Å². The highest BCUT2D eigenvalue weighted by Gasteiger charge is 2.05. The Labute approximate surface area is 126 Å². The van der Waals surface area contributed by atoms with Gasteiger partial charge in [-0.15, -0.1) is 0 Å². The zero-order valence-electron chi connectivity index (χ0n) is 10.5. The lowest BCUT2D eigenvalue weighted by Crippen LogP contribution is -2.07. The quantitative estimate of drug-likeness (QED) is 0.348. The third-order valence-corrected chi connectivity index (χ3v) is 3.31. The molecule has 0 aliphatic heterocycles. The summed E-state index contributed by atoms with van der Waals surface area (Å²) in [6, 6.07) is 15.7. The Kier molecular flexibility index (Phi) is 4.37. The van der Waals surface area contributed by atoms with E-state index in [0.29, 0.717) is 11.3 Å². The number of esters is 1. The van der Waals surface area contributed by atoms with E-state index in [4.69, 9.17) is 4.74 Å². The maximum Gasteiger partial charge on any atom is 0.338 e. The van der Waals surface area contributed by atoms with Crippen molar-refractivity contribution < 1.29 is 9.53 Å². The van der Waals surface area contributed by atoms with Gasteiger partial charge in [0.1, 0.15) is 5.75 Å². The molecule has 0 spiro atoms. The fourth-order valence-electron chi connectivity index (χ4n) is 1.55. The first-order chi connectivity index (χ1) is 9.06. The van der Waals surface area contributed by atoms with Crippen LogP contribution in [0.4, 0.5) is 0 Å². The molecule has 0 N–H and O–H groups in total. The van der Waals surface area contributed by atoms with Crippen LogP contribution in [0, 0.1) is 3.57 Å². The molecule has 19 heavy (non-hydrogen) atoms. The van der Waals surface area contributed by atoms with Gasteiger partial charge in [0, 0.05) is 9.14 Å². The summed E-state index contributed by atoms with van der Waals surface area (Å²) in [5.41, 5.74) is 2.62. The van der Waals surface area contributed by atoms with E-state index < -0.39 is 5.97 Å². The monoisotopic (exact) mass is 364 g/mol. The second-order valence-electron chi connectivity index (χ2n) is 4.20. The minimum atomic E-state index is -0.401. The molecule has 2 aromatic carbocycles. The summed E-state index contributed by atoms with van der Waals surface area (Å²) in [5.74, 6) is 0.129. The van der Waals surface area contributed by atoms with Crippen LogP contribution in [0.1, 0.15) is 6.92 Å². The van der Waals surface area contributed by atoms with E-state index in [1.807, 2.05) is 12.1 Å². The summed E-state index contributed by atoms with van der Waals surface area (Å²) in [7, 11) is 0. The van der Waals surface area contributed by atoms with Crippen LogP contribution in [-0.4, -0.2) is 5.97 Å². The van der Waals surface area contributed by atoms with Crippen molar-refractivity contribution in [2.24, 2.45) is 0 Å². The molecule has 0 bridgehead atoms. The number of hydrogen-bond acceptors (Lipinski definition) is 2. The molecule has 0 aromatic heterocycles. The zero-order valence-corrected chi connectivity index (χ0v) is 12.7. The molecular formula is C16H13IO2. The summed E-state index contributed by atoms with van der Waals surface area (Å²) in [6.07, 6.45) is 0. The van der Waals surface area contributed by atoms with Crippen molar-refractivity contribution in [3.05, 3.63) is 64.3 Å². The summed E-state index contributed by atoms with van der Waals surface area (Å²) in [5, 5.41) is 0. The molecular weight excluding hydrogens is 351 g/mol. The second kappa shape index (κ2) is 6.02. The van der Waals surface area contributed by atoms with Crippen molar-refractivity contribution in [2.45, 2.75) is 6.92 Å². The summed E-state index contributed by atoms with van der Waals surface area (Å²) in [4.78, 5) is 11.4. The maximum atomic E-state index is 11.4. The van der Waals surface area contributed by atoms with Gasteiger partial charge in [0.25, 0.3) is 0 Å². The van der Waals surface area contributed by atoms with Crippen LogP contribution in [-0.2, 0) is 4.79 Å². The number of rotatable bonds is 3. The van der Waals surface area contributed by atoms with Gasteiger partial charge >= 0.3 is 5.97 Å². The van der Waals surface area contributed by atoms with Gasteiger partial charge in [-0.25, -0.2) is 4.79 Å². The van der Waals surface area contributed by atoms with E-state index in [2.05, 4.69) is 53.4 Å². The van der Waals surface area contributed by atoms with E-state index >= 15 is 0 Å². The highest BCUT2D eigenvalue weighted by molar-refractivity contribution is 14.1. The number of benzene rings is 2. The normalized spacial score (nSPS) is 10.0. The molecule has 0 unspecified atom stereocenters. The lowest BCUT2D eigenvalue weighted by atomic mass is 10.1. The SMILES string of the molecule is C=C(C)C(=O)Oc1ccc(-c2ccc(I)cc2)cc1. The zero-order chi connectivity index (χ0) is 13.8. The third kappa shape index (κ3) is 3.67. The van der Waals surface area contributed by atoms with Crippen molar-refractivity contribution in [3.63, 3.8) is 0 Å². The molecule has 0 heterocycles. The Bertz CT molecular complexity index is 598. The van der Waals surface area contributed by atoms with E-state index in [0.717, 1.165) is 11.1 Å². The molecule has 0 aliphatic carbocycles. The average Bonchev–Trinajstić information content (AvgIpc) is 2.40. The highest BCUT2D eigenvalue weighted by Crippen LogP contribution is 2.23. The Morgan fingerprint density at radius 2 is 1.47 bits per heavy atom. The smallest absolute Gasteiger partial charge is 0.338 e. The van der Waals surface area contributed by atoms with Crippen LogP contribution in [0.15, 0.2) is 60.7 Å². The van der Waals surface area contributed by atoms with Gasteiger partial charge in [0.2, 0.25) is 0 Å². The molecule has 2 aromatic rings. The van der Waals surface area contributed by atoms with Gasteiger partial charge in [-0.05, 0) is 64.9 Å². The van der Waals surface area contributed by atoms with Crippen molar-refractivity contribution in [1.82, 2.24) is 0 Å². The van der Waals surface area contributed by atoms with E-state index in [-0.39, 0.29) is 0 Å². The molecule has 0 saturated heterocycles. The van der Waals surface area contributed by atoms with Crippen LogP contribution in [0.25, 0.3) is 11.1 Å². The fraction of sp³-hybridized carbons (Fsp3) is 0.0625. The van der Waals surface area contributed by atoms with Gasteiger partial charge in [-0.1, -0.05) is 30.8 Å². The first-order valence-electron chi connectivity index (χ1n) is 5.80. The van der Waals surface area contributed by atoms with Gasteiger partial charge in [0.05, 0.1) is 0 Å². The van der Waals surface area contributed by atoms with Crippen LogP contribution >= 0.6 is 22.6 Å². The minimum Gasteiger partial charge on any atom is -0.423 e. The van der Waals surface area contributed by atoms with E-state index in [1.165, 1.54) is 3.57 Å². The Morgan fingerprint density at radius 1 is 1.00 bits per heavy atom. The van der Waals surface area contributed by atoms with Crippen molar-refractivity contribution >= 4 is 28.6 Å². The predicted octanol–water partition coefficient (Wildman–Crippen LogP) is 4.44. The molecule has 96 valence electrons. The van der Waals surface area contributed by atoms with Crippen LogP contribution in [0.3, 0.4) is 0 Å². The molecule has 0 atom stereocenters. The lowest BCUT2D eigenvalue weighted by molar-refractivity contribution is -0.130. The number of carbonyl (C=O) groups is 1. The largest absolute Gasteiger partial charge is 0.423 e. The van der Waals surface area contributed by atoms with Gasteiger partial charge in [0.15, 0.2) is 0 Å². The Balaban J connectivity index is 2.16. The fourth-order valence-corrected chi connectivity index (χ4v) is 1.91. The van der Waals surface area contributed by atoms with Crippen molar-refractivity contribution in [3.8, 4) is 16.9 Å². The maximum absolute atomic E-state index is 11.4. The molecule has 3 heteroatoms. The van der Waals surface area contributed by atoms with Gasteiger partial charge in [-0.3, -0.25) is 0 Å². The number of hydrogen-bond donors (Lipinski definition) is 0. The number of carbonyl (C=O) groups excluding carboxylic acids is 1. The topological polar surface area (TPSA) is 26.3 Å². The van der Waals surface area contributed by atoms with Crippen LogP contribution < -0.4 is 4.74 Å². The first kappa shape index (κ1) is 13.8. The van der Waals surface area contributed by atoms with Crippen molar-refractivity contribution in [2.75, 3.05) is 0 Å². The molecule has 0 fully saturated rings. The third-order valence-electron chi connectivity index (χ3n) is 2.59. The Morgan fingerprint density at radius 3 is 1.95 bits per heavy atom. The van der Waals surface area contributed by atoms with Crippen LogP contribution in [0.5, 0.6) is 5.75 Å². The molecule has 0 saturated carbocycles. The summed E-state index contributed by atoms with van der Waals surface area (Å²) in [6.45, 7) is 5.18. The summed E-state index contributed by atoms with van der Waals surface area (Å²) < 4.78 is 6.35. The average molecular weight is 364 g/mol. The van der Waals surface area contributed by atoms with Crippen molar-refractivity contribution in [1.29, 1.82) is 0 Å². The highest BCUT2D eigenvalue weighted by atomic mass is 127. The lowest BCUT2D eigenvalue weighted by Gasteiger charge is -2.06. The van der Waals surface area contributed by atoms with Crippen LogP contribution in [0.2, 0.25) is 0 Å². The minimum absolute atomic E-state index is 0.390. The molecule has 2 rings (SSSR count). The molecule has 2 nitrogen and oxygen atoms in total. The first-order valence-corrected chi connectivity index (χ1v) is 6.88. The predicted molar refractivity (Wildman–Crippen MR) is 85.0 cm³/mol. The van der Waals surface area contributed by atoms with Gasteiger partial charge < -0.3 is 4.74 Å². The standard InChI is InChI=1S/C16H13IO2/c1-11(2)16(18)19-15-9-5-13(6-10-15)12-3-7-14(17)8-4-12/h3-10H,1H2,2H3. The van der Waals surface area contributed by atoms with E-state index in [9.17, 15) is 4.79 Å². The number of halogens is 1. The number of ether oxygens (including phenoxy) is 1. The molecule has 0 radical (unpaired) electrons. The second-order valence-corrected chi connectivity index (χ2v) is 5.45. The molecule has 0 aliphatic rings. The summed E-state index contributed by atoms with van der Waals surface area (Å²) >= 11 is 2.27. The van der Waals surface area contributed by atoms with Gasteiger partial charge in [-0.2, -0.15) is 0 Å². The Hall–Kier alpha value is -1.62. The molecule has 0 amide bonds.